The molecule has 0 amide bonds. The Morgan fingerprint density at radius 1 is 0.932 bits per heavy atom. The van der Waals surface area contributed by atoms with Crippen LogP contribution in [0.4, 0.5) is 11.4 Å². The maximum atomic E-state index is 10.8. The molecule has 4 N–H and O–H groups in total. The lowest BCUT2D eigenvalue weighted by atomic mass is 10.1. The van der Waals surface area contributed by atoms with Crippen molar-refractivity contribution in [3.05, 3.63) is 95.6 Å². The van der Waals surface area contributed by atoms with Crippen LogP contribution < -0.4 is 10.6 Å². The number of nitro groups is 1. The second-order valence-corrected chi connectivity index (χ2v) is 9.11. The number of nitrogens with one attached hydrogen (secondary N) is 2. The number of carbonyl (C=O) groups is 2. The van der Waals surface area contributed by atoms with E-state index >= 15 is 0 Å². The summed E-state index contributed by atoms with van der Waals surface area (Å²) in [4.78, 5) is 34.0. The number of nitro benzene ring substituents is 1. The zero-order valence-corrected chi connectivity index (χ0v) is 24.3. The van der Waals surface area contributed by atoms with Gasteiger partial charge >= 0.3 is 11.9 Å². The van der Waals surface area contributed by atoms with Gasteiger partial charge in [0.05, 0.1) is 36.0 Å². The van der Waals surface area contributed by atoms with E-state index in [0.717, 1.165) is 55.4 Å². The van der Waals surface area contributed by atoms with Crippen LogP contribution in [0.5, 0.6) is 0 Å². The highest BCUT2D eigenvalue weighted by Gasteiger charge is 2.15. The molecule has 1 aliphatic rings. The van der Waals surface area contributed by atoms with Gasteiger partial charge in [-0.3, -0.25) is 24.5 Å². The Labute approximate surface area is 253 Å². The second-order valence-electron chi connectivity index (χ2n) is 9.11. The van der Waals surface area contributed by atoms with Crippen LogP contribution in [-0.4, -0.2) is 72.1 Å². The zero-order chi connectivity index (χ0) is 31.9. The van der Waals surface area contributed by atoms with Crippen molar-refractivity contribution in [1.29, 1.82) is 0 Å². The van der Waals surface area contributed by atoms with Crippen LogP contribution in [0, 0.1) is 10.1 Å². The lowest BCUT2D eigenvalue weighted by molar-refractivity contribution is -0.384. The van der Waals surface area contributed by atoms with Gasteiger partial charge in [-0.2, -0.15) is 10.2 Å². The molecule has 4 aromatic rings. The summed E-state index contributed by atoms with van der Waals surface area (Å²) in [7, 11) is 0. The number of aliphatic carboxylic acids is 2. The highest BCUT2D eigenvalue weighted by atomic mass is 16.6. The van der Waals surface area contributed by atoms with Gasteiger partial charge in [0.15, 0.2) is 0 Å². The molecule has 14 heteroatoms. The predicted molar refractivity (Wildman–Crippen MR) is 167 cm³/mol. The maximum absolute atomic E-state index is 10.8. The Morgan fingerprint density at radius 2 is 1.48 bits per heavy atom. The van der Waals surface area contributed by atoms with E-state index in [1.54, 1.807) is 29.1 Å². The highest BCUT2D eigenvalue weighted by molar-refractivity contribution is 5.90. The molecule has 0 aliphatic carbocycles. The first kappa shape index (κ1) is 32.7. The zero-order valence-electron chi connectivity index (χ0n) is 24.3. The Balaban J connectivity index is 0.000000198. The van der Waals surface area contributed by atoms with Crippen LogP contribution in [0.3, 0.4) is 0 Å². The topological polar surface area (TPSA) is 190 Å². The van der Waals surface area contributed by atoms with E-state index in [9.17, 15) is 19.7 Å². The van der Waals surface area contributed by atoms with Crippen molar-refractivity contribution in [2.24, 2.45) is 4.99 Å². The van der Waals surface area contributed by atoms with Gasteiger partial charge in [0.25, 0.3) is 5.69 Å². The number of aryl methyl sites for hydroxylation is 2. The minimum absolute atomic E-state index is 0.109. The van der Waals surface area contributed by atoms with Crippen molar-refractivity contribution in [2.45, 2.75) is 26.9 Å². The number of anilines is 1. The van der Waals surface area contributed by atoms with Gasteiger partial charge in [0.1, 0.15) is 5.84 Å². The third-order valence-electron chi connectivity index (χ3n) is 6.12. The first-order valence-corrected chi connectivity index (χ1v) is 13.7. The molecule has 0 fully saturated rings. The number of nitrogens with zero attached hydrogens (tertiary/aromatic N) is 6. The van der Waals surface area contributed by atoms with E-state index in [4.69, 9.17) is 10.2 Å². The molecule has 5 rings (SSSR count). The molecule has 14 nitrogen and oxygen atoms in total. The van der Waals surface area contributed by atoms with E-state index in [1.807, 2.05) is 30.1 Å². The smallest absolute Gasteiger partial charge is 0.328 e. The van der Waals surface area contributed by atoms with Crippen molar-refractivity contribution < 1.29 is 24.7 Å². The molecule has 0 saturated heterocycles. The molecule has 2 aromatic heterocycles. The molecule has 1 aliphatic heterocycles. The standard InChI is InChI=1S/C15H19N5.C11H11N3O2.C4H4O4/c1-2-20-11-12(9-19-20)13-5-3-4-6-14(13)18-10-15-16-7-8-17-15;1-2-13-8-9(7-12-13)10-5-3-4-6-11(10)14(15)16;5-3(6)1-2-4(7)8/h3-6,9,11,18H,2,7-8,10H2,1H3,(H,16,17);3-8H,2H2,1H3;1-2H,(H,5,6)(H,7,8)/b;;2-1+. The van der Waals surface area contributed by atoms with Crippen LogP contribution in [0.2, 0.25) is 0 Å². The highest BCUT2D eigenvalue weighted by Crippen LogP contribution is 2.29. The maximum Gasteiger partial charge on any atom is 0.328 e. The summed E-state index contributed by atoms with van der Waals surface area (Å²) >= 11 is 0. The lowest BCUT2D eigenvalue weighted by Gasteiger charge is -2.11. The third-order valence-corrected chi connectivity index (χ3v) is 6.12. The minimum Gasteiger partial charge on any atom is -0.478 e. The molecule has 0 spiro atoms. The number of carboxylic acid groups (broad SMARTS) is 2. The molecule has 0 radical (unpaired) electrons. The summed E-state index contributed by atoms with van der Waals surface area (Å²) in [5.74, 6) is -1.48. The van der Waals surface area contributed by atoms with Crippen molar-refractivity contribution in [1.82, 2.24) is 24.9 Å². The molecular weight excluding hydrogens is 568 g/mol. The average molecular weight is 603 g/mol. The monoisotopic (exact) mass is 602 g/mol. The molecule has 2 aromatic carbocycles. The largest absolute Gasteiger partial charge is 0.478 e. The number of benzene rings is 2. The molecule has 0 unspecified atom stereocenters. The Kier molecular flexibility index (Phi) is 12.3. The van der Waals surface area contributed by atoms with Gasteiger partial charge in [-0.25, -0.2) is 9.59 Å². The fourth-order valence-corrected chi connectivity index (χ4v) is 4.00. The first-order valence-electron chi connectivity index (χ1n) is 13.7. The number of para-hydroxylation sites is 2. The third kappa shape index (κ3) is 9.94. The van der Waals surface area contributed by atoms with E-state index < -0.39 is 11.9 Å². The lowest BCUT2D eigenvalue weighted by Crippen LogP contribution is -2.26. The number of carboxylic acids is 2. The fourth-order valence-electron chi connectivity index (χ4n) is 4.00. The van der Waals surface area contributed by atoms with Gasteiger partial charge in [-0.05, 0) is 26.0 Å². The Hall–Kier alpha value is -5.79. The molecule has 44 heavy (non-hydrogen) atoms. The van der Waals surface area contributed by atoms with Crippen molar-refractivity contribution in [3.8, 4) is 22.3 Å². The first-order chi connectivity index (χ1) is 21.2. The fraction of sp³-hybridized carbons (Fsp3) is 0.233. The van der Waals surface area contributed by atoms with E-state index in [2.05, 4.69) is 57.1 Å². The minimum atomic E-state index is -1.26. The molecule has 0 bridgehead atoms. The number of aromatic nitrogens is 4. The number of hydrogen-bond donors (Lipinski definition) is 4. The second kappa shape index (κ2) is 16.6. The summed E-state index contributed by atoms with van der Waals surface area (Å²) < 4.78 is 3.68. The van der Waals surface area contributed by atoms with Gasteiger partial charge < -0.3 is 20.8 Å². The molecule has 3 heterocycles. The summed E-state index contributed by atoms with van der Waals surface area (Å²) in [5, 5.41) is 41.6. The van der Waals surface area contributed by atoms with Crippen molar-refractivity contribution >= 4 is 29.1 Å². The van der Waals surface area contributed by atoms with Gasteiger partial charge in [0.2, 0.25) is 0 Å². The van der Waals surface area contributed by atoms with E-state index in [1.165, 1.54) is 11.6 Å². The van der Waals surface area contributed by atoms with Crippen LogP contribution in [-0.2, 0) is 22.7 Å². The molecule has 0 saturated carbocycles. The van der Waals surface area contributed by atoms with Crippen LogP contribution in [0.1, 0.15) is 13.8 Å². The summed E-state index contributed by atoms with van der Waals surface area (Å²) in [6.07, 6.45) is 8.56. The Bertz CT molecular complexity index is 1610. The summed E-state index contributed by atoms with van der Waals surface area (Å²) in [5.41, 5.74) is 4.90. The molecule has 230 valence electrons. The predicted octanol–water partition coefficient (Wildman–Crippen LogP) is 4.17. The van der Waals surface area contributed by atoms with Crippen molar-refractivity contribution in [2.75, 3.05) is 25.0 Å². The van der Waals surface area contributed by atoms with E-state index in [-0.39, 0.29) is 10.6 Å². The number of rotatable bonds is 10. The quantitative estimate of drug-likeness (QED) is 0.116. The molecule has 0 atom stereocenters. The van der Waals surface area contributed by atoms with E-state index in [0.29, 0.717) is 17.7 Å². The summed E-state index contributed by atoms with van der Waals surface area (Å²) in [6, 6.07) is 15.0. The van der Waals surface area contributed by atoms with Gasteiger partial charge in [-0.15, -0.1) is 0 Å². The SMILES string of the molecule is CCn1cc(-c2ccccc2NCC2=NCCN2)cn1.CCn1cc(-c2ccccc2[N+](=O)[O-])cn1.O=C(O)/C=C/C(=O)O. The van der Waals surface area contributed by atoms with Crippen LogP contribution >= 0.6 is 0 Å². The van der Waals surface area contributed by atoms with Gasteiger partial charge in [0, 0.05) is 72.6 Å². The van der Waals surface area contributed by atoms with Crippen LogP contribution in [0.25, 0.3) is 22.3 Å². The van der Waals surface area contributed by atoms with Gasteiger partial charge in [-0.1, -0.05) is 30.3 Å². The summed E-state index contributed by atoms with van der Waals surface area (Å²) in [6.45, 7) is 8.25. The average Bonchev–Trinajstić information content (AvgIpc) is 3.82. The van der Waals surface area contributed by atoms with Crippen molar-refractivity contribution in [3.63, 3.8) is 0 Å². The number of amidine groups is 1. The number of hydrogen-bond acceptors (Lipinski definition) is 9. The normalized spacial score (nSPS) is 11.8. The van der Waals surface area contributed by atoms with Crippen LogP contribution in [0.15, 0.2) is 90.5 Å². The Morgan fingerprint density at radius 3 is 1.98 bits per heavy atom. The number of aliphatic imine (C=N–C) groups is 1. The molecular formula is C30H34N8O6.